The smallest absolute Gasteiger partial charge is 0.394 e. The molecule has 0 bridgehead atoms. The van der Waals surface area contributed by atoms with Crippen molar-refractivity contribution in [1.82, 2.24) is 4.90 Å². The Morgan fingerprint density at radius 3 is 2.28 bits per heavy atom. The third kappa shape index (κ3) is 4.90. The molecule has 1 aromatic rings. The van der Waals surface area contributed by atoms with Gasteiger partial charge in [0.25, 0.3) is 0 Å². The molecule has 1 fully saturated rings. The fourth-order valence-corrected chi connectivity index (χ4v) is 3.58. The van der Waals surface area contributed by atoms with Crippen molar-refractivity contribution in [3.05, 3.63) is 29.8 Å². The number of alkyl halides is 3. The standard InChI is InChI=1S/C17H20F3NO3S/c1-10(2)11-3-5-12(6-4-11)25-9-15(22)21-7-13(16(23)24)14(8-21)17(18,19)20/h3-6,10,13-14H,7-9H2,1-2H3,(H,23,24)/t13-,14-/m1/s1. The van der Waals surface area contributed by atoms with E-state index >= 15 is 0 Å². The number of carboxylic acid groups (broad SMARTS) is 1. The van der Waals surface area contributed by atoms with Gasteiger partial charge in [-0.05, 0) is 23.6 Å². The largest absolute Gasteiger partial charge is 0.481 e. The fraction of sp³-hybridized carbons (Fsp3) is 0.529. The molecule has 0 spiro atoms. The van der Waals surface area contributed by atoms with Crippen LogP contribution in [0.25, 0.3) is 0 Å². The molecule has 0 aliphatic carbocycles. The molecule has 2 rings (SSSR count). The topological polar surface area (TPSA) is 57.6 Å². The number of hydrogen-bond donors (Lipinski definition) is 1. The molecule has 2 atom stereocenters. The maximum absolute atomic E-state index is 13.0. The minimum Gasteiger partial charge on any atom is -0.481 e. The van der Waals surface area contributed by atoms with Gasteiger partial charge < -0.3 is 10.0 Å². The molecular weight excluding hydrogens is 355 g/mol. The fourth-order valence-electron chi connectivity index (χ4n) is 2.77. The molecule has 25 heavy (non-hydrogen) atoms. The summed E-state index contributed by atoms with van der Waals surface area (Å²) in [5.41, 5.74) is 1.16. The first-order valence-corrected chi connectivity index (χ1v) is 8.88. The first-order chi connectivity index (χ1) is 11.6. The second kappa shape index (κ2) is 7.68. The van der Waals surface area contributed by atoms with Crippen molar-refractivity contribution in [3.8, 4) is 0 Å². The number of carboxylic acids is 1. The molecule has 8 heteroatoms. The number of aliphatic carboxylic acids is 1. The number of carbonyl (C=O) groups is 2. The quantitative estimate of drug-likeness (QED) is 0.799. The van der Waals surface area contributed by atoms with Crippen LogP contribution < -0.4 is 0 Å². The highest BCUT2D eigenvalue weighted by molar-refractivity contribution is 8.00. The van der Waals surface area contributed by atoms with Gasteiger partial charge in [-0.2, -0.15) is 13.2 Å². The van der Waals surface area contributed by atoms with Crippen molar-refractivity contribution in [1.29, 1.82) is 0 Å². The molecule has 0 saturated carbocycles. The second-order valence-corrected chi connectivity index (χ2v) is 7.45. The van der Waals surface area contributed by atoms with Crippen LogP contribution in [-0.4, -0.2) is 46.9 Å². The predicted molar refractivity (Wildman–Crippen MR) is 88.5 cm³/mol. The normalized spacial score (nSPS) is 21.0. The van der Waals surface area contributed by atoms with E-state index in [0.29, 0.717) is 5.92 Å². The van der Waals surface area contributed by atoms with Crippen LogP contribution in [0.15, 0.2) is 29.2 Å². The van der Waals surface area contributed by atoms with Gasteiger partial charge in [0, 0.05) is 18.0 Å². The van der Waals surface area contributed by atoms with Crippen LogP contribution in [0.3, 0.4) is 0 Å². The van der Waals surface area contributed by atoms with E-state index in [1.54, 1.807) is 0 Å². The lowest BCUT2D eigenvalue weighted by Crippen LogP contribution is -2.34. The molecule has 138 valence electrons. The summed E-state index contributed by atoms with van der Waals surface area (Å²) in [5, 5.41) is 8.98. The van der Waals surface area contributed by atoms with Crippen molar-refractivity contribution >= 4 is 23.6 Å². The Labute approximate surface area is 148 Å². The Kier molecular flexibility index (Phi) is 6.03. The Morgan fingerprint density at radius 1 is 1.24 bits per heavy atom. The van der Waals surface area contributed by atoms with Gasteiger partial charge in [0.2, 0.25) is 5.91 Å². The lowest BCUT2D eigenvalue weighted by Gasteiger charge is -2.18. The van der Waals surface area contributed by atoms with E-state index in [1.807, 2.05) is 24.3 Å². The third-order valence-electron chi connectivity index (χ3n) is 4.32. The van der Waals surface area contributed by atoms with Gasteiger partial charge in [0.15, 0.2) is 0 Å². The molecule has 1 amide bonds. The number of rotatable bonds is 5. The molecule has 1 aliphatic heterocycles. The zero-order chi connectivity index (χ0) is 18.8. The third-order valence-corrected chi connectivity index (χ3v) is 5.32. The van der Waals surface area contributed by atoms with Gasteiger partial charge in [0.05, 0.1) is 17.6 Å². The highest BCUT2D eigenvalue weighted by Crippen LogP contribution is 2.38. The number of amides is 1. The molecule has 4 nitrogen and oxygen atoms in total. The Hall–Kier alpha value is -1.70. The van der Waals surface area contributed by atoms with Gasteiger partial charge in [-0.1, -0.05) is 26.0 Å². The van der Waals surface area contributed by atoms with Gasteiger partial charge in [-0.15, -0.1) is 11.8 Å². The molecule has 1 heterocycles. The summed E-state index contributed by atoms with van der Waals surface area (Å²) in [6, 6.07) is 7.65. The summed E-state index contributed by atoms with van der Waals surface area (Å²) >= 11 is 1.23. The van der Waals surface area contributed by atoms with Crippen LogP contribution in [0.5, 0.6) is 0 Å². The van der Waals surface area contributed by atoms with E-state index < -0.39 is 43.0 Å². The van der Waals surface area contributed by atoms with Crippen LogP contribution >= 0.6 is 11.8 Å². The zero-order valence-corrected chi connectivity index (χ0v) is 14.7. The average molecular weight is 375 g/mol. The molecule has 1 aliphatic rings. The number of halogens is 3. The van der Waals surface area contributed by atoms with Gasteiger partial charge in [-0.3, -0.25) is 9.59 Å². The number of nitrogens with zero attached hydrogens (tertiary/aromatic N) is 1. The van der Waals surface area contributed by atoms with Crippen LogP contribution in [0.2, 0.25) is 0 Å². The van der Waals surface area contributed by atoms with Gasteiger partial charge in [-0.25, -0.2) is 0 Å². The van der Waals surface area contributed by atoms with E-state index in [-0.39, 0.29) is 5.75 Å². The van der Waals surface area contributed by atoms with Crippen LogP contribution in [0, 0.1) is 11.8 Å². The number of hydrogen-bond acceptors (Lipinski definition) is 3. The Balaban J connectivity index is 1.96. The first kappa shape index (κ1) is 19.6. The first-order valence-electron chi connectivity index (χ1n) is 7.89. The van der Waals surface area contributed by atoms with Gasteiger partial charge in [0.1, 0.15) is 0 Å². The van der Waals surface area contributed by atoms with Crippen molar-refractivity contribution in [2.45, 2.75) is 30.8 Å². The minimum atomic E-state index is -4.63. The van der Waals surface area contributed by atoms with Crippen LogP contribution in [0.4, 0.5) is 13.2 Å². The highest BCUT2D eigenvalue weighted by Gasteiger charge is 2.53. The van der Waals surface area contributed by atoms with Crippen LogP contribution in [-0.2, 0) is 9.59 Å². The molecule has 0 unspecified atom stereocenters. The van der Waals surface area contributed by atoms with Crippen LogP contribution in [0.1, 0.15) is 25.3 Å². The molecule has 1 saturated heterocycles. The van der Waals surface area contributed by atoms with Crippen molar-refractivity contribution < 1.29 is 27.9 Å². The summed E-state index contributed by atoms with van der Waals surface area (Å²) in [4.78, 5) is 25.1. The second-order valence-electron chi connectivity index (χ2n) is 6.40. The zero-order valence-electron chi connectivity index (χ0n) is 13.9. The van der Waals surface area contributed by atoms with E-state index in [1.165, 1.54) is 11.8 Å². The highest BCUT2D eigenvalue weighted by atomic mass is 32.2. The summed E-state index contributed by atoms with van der Waals surface area (Å²) in [6.45, 7) is 3.14. The molecule has 1 aromatic carbocycles. The summed E-state index contributed by atoms with van der Waals surface area (Å²) in [5.74, 6) is -5.23. The summed E-state index contributed by atoms with van der Waals surface area (Å²) in [7, 11) is 0. The SMILES string of the molecule is CC(C)c1ccc(SCC(=O)N2C[C@@H](C(F)(F)F)[C@H](C(=O)O)C2)cc1. The van der Waals surface area contributed by atoms with E-state index in [0.717, 1.165) is 15.4 Å². The van der Waals surface area contributed by atoms with Gasteiger partial charge >= 0.3 is 12.1 Å². The summed E-state index contributed by atoms with van der Waals surface area (Å²) < 4.78 is 38.9. The molecular formula is C17H20F3NO3S. The minimum absolute atomic E-state index is 0.0159. The predicted octanol–water partition coefficient (Wildman–Crippen LogP) is 3.62. The summed E-state index contributed by atoms with van der Waals surface area (Å²) in [6.07, 6.45) is -4.63. The number of carbonyl (C=O) groups excluding carboxylic acids is 1. The van der Waals surface area contributed by atoms with Crippen molar-refractivity contribution in [2.75, 3.05) is 18.8 Å². The maximum Gasteiger partial charge on any atom is 0.394 e. The number of likely N-dealkylation sites (tertiary alicyclic amines) is 1. The monoisotopic (exact) mass is 375 g/mol. The van der Waals surface area contributed by atoms with E-state index in [2.05, 4.69) is 13.8 Å². The van der Waals surface area contributed by atoms with Crippen molar-refractivity contribution in [2.24, 2.45) is 11.8 Å². The molecule has 1 N–H and O–H groups in total. The average Bonchev–Trinajstić information content (AvgIpc) is 2.99. The molecule has 0 radical (unpaired) electrons. The molecule has 0 aromatic heterocycles. The Morgan fingerprint density at radius 2 is 1.84 bits per heavy atom. The Bertz CT molecular complexity index is 631. The number of thioether (sulfide) groups is 1. The van der Waals surface area contributed by atoms with E-state index in [9.17, 15) is 22.8 Å². The lowest BCUT2D eigenvalue weighted by molar-refractivity contribution is -0.188. The van der Waals surface area contributed by atoms with Crippen molar-refractivity contribution in [3.63, 3.8) is 0 Å². The van der Waals surface area contributed by atoms with E-state index in [4.69, 9.17) is 5.11 Å². The number of benzene rings is 1. The lowest BCUT2D eigenvalue weighted by atomic mass is 9.96. The maximum atomic E-state index is 13.0.